The van der Waals surface area contributed by atoms with Crippen LogP contribution in [0.4, 0.5) is 0 Å². The molecule has 0 spiro atoms. The lowest BCUT2D eigenvalue weighted by atomic mass is 10.1. The highest BCUT2D eigenvalue weighted by Crippen LogP contribution is 2.20. The number of carbonyl (C=O) groups is 1. The average molecular weight is 250 g/mol. The molecule has 2 N–H and O–H groups in total. The van der Waals surface area contributed by atoms with Crippen molar-refractivity contribution in [2.24, 2.45) is 0 Å². The molecule has 2 atom stereocenters. The fourth-order valence-electron chi connectivity index (χ4n) is 2.20. The summed E-state index contributed by atoms with van der Waals surface area (Å²) >= 11 is 1.62. The zero-order chi connectivity index (χ0) is 11.8. The van der Waals surface area contributed by atoms with Crippen LogP contribution >= 0.6 is 11.3 Å². The van der Waals surface area contributed by atoms with Crippen molar-refractivity contribution in [2.45, 2.75) is 25.4 Å². The molecule has 2 aromatic heterocycles. The summed E-state index contributed by atoms with van der Waals surface area (Å²) in [4.78, 5) is 16.9. The molecule has 90 valence electrons. The largest absolute Gasteiger partial charge is 0.353 e. The number of nitrogens with one attached hydrogen (secondary N) is 2. The molecular weight excluding hydrogens is 236 g/mol. The van der Waals surface area contributed by atoms with E-state index in [0.717, 1.165) is 17.1 Å². The van der Waals surface area contributed by atoms with E-state index in [2.05, 4.69) is 20.0 Å². The maximum atomic E-state index is 11.6. The van der Waals surface area contributed by atoms with Crippen LogP contribution in [0, 0.1) is 0 Å². The van der Waals surface area contributed by atoms with E-state index in [1.165, 1.54) is 0 Å². The standard InChI is InChI=1S/C11H14N4OS/c1-2-7-10(16)12-5-8(14-7)9-6-13-11-15(9)3-4-17-11/h3-4,6-8,14H,2,5H2,1H3,(H,12,16). The minimum absolute atomic E-state index is 0.0924. The molecule has 0 aromatic carbocycles. The Morgan fingerprint density at radius 3 is 3.35 bits per heavy atom. The Kier molecular flexibility index (Phi) is 2.60. The minimum Gasteiger partial charge on any atom is -0.353 e. The molecule has 3 rings (SSSR count). The first-order chi connectivity index (χ1) is 8.29. The lowest BCUT2D eigenvalue weighted by Gasteiger charge is -2.29. The van der Waals surface area contributed by atoms with Gasteiger partial charge in [-0.15, -0.1) is 11.3 Å². The first-order valence-electron chi connectivity index (χ1n) is 5.74. The van der Waals surface area contributed by atoms with Gasteiger partial charge in [-0.3, -0.25) is 14.5 Å². The second-order valence-electron chi connectivity index (χ2n) is 4.16. The van der Waals surface area contributed by atoms with Gasteiger partial charge in [-0.1, -0.05) is 6.92 Å². The zero-order valence-corrected chi connectivity index (χ0v) is 10.3. The number of thiazole rings is 1. The van der Waals surface area contributed by atoms with Gasteiger partial charge in [0.1, 0.15) is 0 Å². The number of hydrogen-bond acceptors (Lipinski definition) is 4. The molecule has 1 aliphatic heterocycles. The molecule has 17 heavy (non-hydrogen) atoms. The topological polar surface area (TPSA) is 58.4 Å². The van der Waals surface area contributed by atoms with E-state index in [-0.39, 0.29) is 18.0 Å². The van der Waals surface area contributed by atoms with Crippen LogP contribution in [0.15, 0.2) is 17.8 Å². The zero-order valence-electron chi connectivity index (χ0n) is 9.51. The molecule has 2 unspecified atom stereocenters. The van der Waals surface area contributed by atoms with E-state index in [1.54, 1.807) is 11.3 Å². The van der Waals surface area contributed by atoms with Crippen LogP contribution in [-0.2, 0) is 4.79 Å². The predicted octanol–water partition coefficient (Wildman–Crippen LogP) is 0.935. The molecule has 6 heteroatoms. The van der Waals surface area contributed by atoms with E-state index in [0.29, 0.717) is 6.54 Å². The summed E-state index contributed by atoms with van der Waals surface area (Å²) in [6, 6.07) is 0.0418. The van der Waals surface area contributed by atoms with Gasteiger partial charge in [-0.25, -0.2) is 4.98 Å². The summed E-state index contributed by atoms with van der Waals surface area (Å²) in [6.07, 6.45) is 4.70. The fourth-order valence-corrected chi connectivity index (χ4v) is 2.90. The smallest absolute Gasteiger partial charge is 0.237 e. The number of fused-ring (bicyclic) bond motifs is 1. The first kappa shape index (κ1) is 10.7. The van der Waals surface area contributed by atoms with Crippen LogP contribution in [0.2, 0.25) is 0 Å². The van der Waals surface area contributed by atoms with Crippen molar-refractivity contribution in [3.05, 3.63) is 23.5 Å². The van der Waals surface area contributed by atoms with Gasteiger partial charge in [0.15, 0.2) is 4.96 Å². The van der Waals surface area contributed by atoms with Crippen molar-refractivity contribution in [3.8, 4) is 0 Å². The third-order valence-electron chi connectivity index (χ3n) is 3.14. The normalized spacial score (nSPS) is 25.1. The van der Waals surface area contributed by atoms with Gasteiger partial charge in [0.25, 0.3) is 0 Å². The van der Waals surface area contributed by atoms with Gasteiger partial charge in [0.05, 0.1) is 24.0 Å². The van der Waals surface area contributed by atoms with Gasteiger partial charge >= 0.3 is 0 Å². The highest BCUT2D eigenvalue weighted by Gasteiger charge is 2.28. The second-order valence-corrected chi connectivity index (χ2v) is 5.04. The van der Waals surface area contributed by atoms with Gasteiger partial charge in [-0.05, 0) is 6.42 Å². The van der Waals surface area contributed by atoms with Crippen molar-refractivity contribution < 1.29 is 4.79 Å². The Morgan fingerprint density at radius 1 is 1.65 bits per heavy atom. The van der Waals surface area contributed by atoms with Crippen molar-refractivity contribution >= 4 is 22.2 Å². The summed E-state index contributed by atoms with van der Waals surface area (Å²) in [5.74, 6) is 0.0924. The second kappa shape index (κ2) is 4.12. The number of rotatable bonds is 2. The number of aromatic nitrogens is 2. The summed E-state index contributed by atoms with van der Waals surface area (Å²) in [5, 5.41) is 8.33. The Bertz CT molecular complexity index is 546. The van der Waals surface area contributed by atoms with Gasteiger partial charge < -0.3 is 5.32 Å². The molecule has 0 bridgehead atoms. The third-order valence-corrected chi connectivity index (χ3v) is 3.91. The SMILES string of the molecule is CCC1NC(c2cnc3sccn23)CNC1=O. The summed E-state index contributed by atoms with van der Waals surface area (Å²) in [6.45, 7) is 2.63. The first-order valence-corrected chi connectivity index (χ1v) is 6.61. The van der Waals surface area contributed by atoms with E-state index in [4.69, 9.17) is 0 Å². The molecule has 5 nitrogen and oxygen atoms in total. The number of carbonyl (C=O) groups excluding carboxylic acids is 1. The average Bonchev–Trinajstić information content (AvgIpc) is 2.92. The van der Waals surface area contributed by atoms with E-state index >= 15 is 0 Å². The van der Waals surface area contributed by atoms with Gasteiger partial charge in [-0.2, -0.15) is 0 Å². The molecule has 1 saturated heterocycles. The fraction of sp³-hybridized carbons (Fsp3) is 0.455. The molecule has 1 fully saturated rings. The molecular formula is C11H14N4OS. The predicted molar refractivity (Wildman–Crippen MR) is 66.0 cm³/mol. The minimum atomic E-state index is -0.0991. The van der Waals surface area contributed by atoms with Crippen LogP contribution in [0.1, 0.15) is 25.1 Å². The molecule has 0 radical (unpaired) electrons. The highest BCUT2D eigenvalue weighted by molar-refractivity contribution is 7.15. The molecule has 1 amide bonds. The number of hydrogen-bond donors (Lipinski definition) is 2. The lowest BCUT2D eigenvalue weighted by molar-refractivity contribution is -0.125. The van der Waals surface area contributed by atoms with Crippen LogP contribution in [0.5, 0.6) is 0 Å². The van der Waals surface area contributed by atoms with Gasteiger partial charge in [0, 0.05) is 18.1 Å². The Hall–Kier alpha value is -1.40. The third kappa shape index (κ3) is 1.73. The number of nitrogens with zero attached hydrogens (tertiary/aromatic N) is 2. The quantitative estimate of drug-likeness (QED) is 0.834. The highest BCUT2D eigenvalue weighted by atomic mass is 32.1. The molecule has 3 heterocycles. The lowest BCUT2D eigenvalue weighted by Crippen LogP contribution is -2.54. The maximum absolute atomic E-state index is 11.6. The Labute approximate surface area is 103 Å². The Morgan fingerprint density at radius 2 is 2.53 bits per heavy atom. The summed E-state index contributed by atoms with van der Waals surface area (Å²) in [7, 11) is 0. The number of imidazole rings is 1. The Balaban J connectivity index is 1.90. The molecule has 0 saturated carbocycles. The van der Waals surface area contributed by atoms with Crippen molar-refractivity contribution in [1.29, 1.82) is 0 Å². The number of piperazine rings is 1. The summed E-state index contributed by atoms with van der Waals surface area (Å²) < 4.78 is 2.08. The van der Waals surface area contributed by atoms with Crippen molar-refractivity contribution in [3.63, 3.8) is 0 Å². The van der Waals surface area contributed by atoms with Crippen LogP contribution in [-0.4, -0.2) is 27.9 Å². The van der Waals surface area contributed by atoms with Crippen molar-refractivity contribution in [2.75, 3.05) is 6.54 Å². The van der Waals surface area contributed by atoms with Crippen molar-refractivity contribution in [1.82, 2.24) is 20.0 Å². The number of amides is 1. The molecule has 0 aliphatic carbocycles. The van der Waals surface area contributed by atoms with Crippen LogP contribution in [0.3, 0.4) is 0 Å². The van der Waals surface area contributed by atoms with E-state index in [9.17, 15) is 4.79 Å². The monoisotopic (exact) mass is 250 g/mol. The summed E-state index contributed by atoms with van der Waals surface area (Å²) in [5.41, 5.74) is 1.11. The molecule has 2 aromatic rings. The molecule has 1 aliphatic rings. The van der Waals surface area contributed by atoms with Crippen LogP contribution < -0.4 is 10.6 Å². The van der Waals surface area contributed by atoms with Gasteiger partial charge in [0.2, 0.25) is 5.91 Å². The van der Waals surface area contributed by atoms with E-state index in [1.807, 2.05) is 24.7 Å². The maximum Gasteiger partial charge on any atom is 0.237 e. The van der Waals surface area contributed by atoms with Crippen LogP contribution in [0.25, 0.3) is 4.96 Å². The van der Waals surface area contributed by atoms with E-state index < -0.39 is 0 Å².